The van der Waals surface area contributed by atoms with Gasteiger partial charge in [-0.15, -0.1) is 0 Å². The number of hydrogen-bond acceptors (Lipinski definition) is 5. The third-order valence-electron chi connectivity index (χ3n) is 2.25. The maximum atomic E-state index is 13.2. The Morgan fingerprint density at radius 1 is 1.30 bits per heavy atom. The van der Waals surface area contributed by atoms with Crippen LogP contribution in [-0.2, 0) is 11.3 Å². The molecule has 5 nitrogen and oxygen atoms in total. The molecule has 0 spiro atoms. The van der Waals surface area contributed by atoms with E-state index in [1.54, 1.807) is 0 Å². The predicted octanol–water partition coefficient (Wildman–Crippen LogP) is 2.54. The largest absolute Gasteiger partial charge is 0.411 e. The smallest absolute Gasteiger partial charge is 0.396 e. The molecule has 0 aliphatic rings. The highest BCUT2D eigenvalue weighted by atomic mass is 19.4. The summed E-state index contributed by atoms with van der Waals surface area (Å²) in [5.41, 5.74) is 5.48. The van der Waals surface area contributed by atoms with Crippen LogP contribution in [0.4, 0.5) is 23.2 Å². The maximum Gasteiger partial charge on any atom is 0.411 e. The zero-order chi connectivity index (χ0) is 14.8. The molecule has 108 valence electrons. The molecule has 0 aliphatic heterocycles. The Hall–Kier alpha value is -2.16. The Balaban J connectivity index is 2.07. The Morgan fingerprint density at radius 3 is 2.75 bits per heavy atom. The minimum Gasteiger partial charge on any atom is -0.396 e. The third kappa shape index (κ3) is 3.44. The average molecular weight is 291 g/mol. The van der Waals surface area contributed by atoms with Crippen LogP contribution >= 0.6 is 0 Å². The number of aromatic nitrogens is 2. The van der Waals surface area contributed by atoms with Crippen LogP contribution in [0.15, 0.2) is 22.7 Å². The normalized spacial score (nSPS) is 11.8. The van der Waals surface area contributed by atoms with Crippen molar-refractivity contribution in [3.63, 3.8) is 0 Å². The third-order valence-corrected chi connectivity index (χ3v) is 2.25. The van der Waals surface area contributed by atoms with E-state index in [0.717, 1.165) is 6.07 Å². The molecule has 20 heavy (non-hydrogen) atoms. The van der Waals surface area contributed by atoms with E-state index in [9.17, 15) is 17.6 Å². The van der Waals surface area contributed by atoms with Crippen molar-refractivity contribution in [1.29, 1.82) is 0 Å². The molecule has 0 aliphatic carbocycles. The minimum atomic E-state index is -4.43. The molecule has 0 bridgehead atoms. The van der Waals surface area contributed by atoms with Gasteiger partial charge in [0.15, 0.2) is 5.82 Å². The molecule has 0 saturated heterocycles. The van der Waals surface area contributed by atoms with Gasteiger partial charge in [-0.3, -0.25) is 0 Å². The maximum absolute atomic E-state index is 13.2. The number of benzene rings is 1. The zero-order valence-corrected chi connectivity index (χ0v) is 9.95. The molecular weight excluding hydrogens is 282 g/mol. The van der Waals surface area contributed by atoms with E-state index >= 15 is 0 Å². The SMILES string of the molecule is Nc1c(F)cccc1-c1nc(COCC(F)(F)F)no1. The Kier molecular flexibility index (Phi) is 3.89. The number of hydrogen-bond donors (Lipinski definition) is 1. The Labute approximate surface area is 110 Å². The van der Waals surface area contributed by atoms with Crippen LogP contribution < -0.4 is 5.73 Å². The van der Waals surface area contributed by atoms with Crippen LogP contribution in [0.3, 0.4) is 0 Å². The average Bonchev–Trinajstić information content (AvgIpc) is 2.79. The van der Waals surface area contributed by atoms with Gasteiger partial charge in [-0.1, -0.05) is 11.2 Å². The molecule has 1 aromatic heterocycles. The second-order valence-corrected chi connectivity index (χ2v) is 3.82. The predicted molar refractivity (Wildman–Crippen MR) is 59.8 cm³/mol. The van der Waals surface area contributed by atoms with Crippen molar-refractivity contribution >= 4 is 5.69 Å². The number of nitrogen functional groups attached to an aromatic ring is 1. The van der Waals surface area contributed by atoms with Crippen LogP contribution in [-0.4, -0.2) is 22.9 Å². The number of nitrogens with zero attached hydrogens (tertiary/aromatic N) is 2. The summed E-state index contributed by atoms with van der Waals surface area (Å²) in [4.78, 5) is 3.79. The lowest BCUT2D eigenvalue weighted by Gasteiger charge is -2.04. The highest BCUT2D eigenvalue weighted by Gasteiger charge is 2.27. The molecule has 0 fully saturated rings. The first kappa shape index (κ1) is 14.3. The van der Waals surface area contributed by atoms with Gasteiger partial charge < -0.3 is 15.0 Å². The van der Waals surface area contributed by atoms with Crippen molar-refractivity contribution in [1.82, 2.24) is 10.1 Å². The van der Waals surface area contributed by atoms with Crippen molar-refractivity contribution in [2.45, 2.75) is 12.8 Å². The van der Waals surface area contributed by atoms with Gasteiger partial charge in [0.1, 0.15) is 19.0 Å². The first-order chi connectivity index (χ1) is 9.37. The van der Waals surface area contributed by atoms with Crippen LogP contribution in [0.25, 0.3) is 11.5 Å². The van der Waals surface area contributed by atoms with Crippen molar-refractivity contribution in [2.75, 3.05) is 12.3 Å². The highest BCUT2D eigenvalue weighted by molar-refractivity contribution is 5.70. The number of anilines is 1. The van der Waals surface area contributed by atoms with E-state index in [1.165, 1.54) is 12.1 Å². The quantitative estimate of drug-likeness (QED) is 0.692. The fourth-order valence-electron chi connectivity index (χ4n) is 1.40. The summed E-state index contributed by atoms with van der Waals surface area (Å²) >= 11 is 0. The van der Waals surface area contributed by atoms with Gasteiger partial charge in [0.05, 0.1) is 11.3 Å². The first-order valence-electron chi connectivity index (χ1n) is 5.38. The molecule has 0 amide bonds. The van der Waals surface area contributed by atoms with Crippen LogP contribution in [0, 0.1) is 5.82 Å². The molecule has 0 saturated carbocycles. The van der Waals surface area contributed by atoms with Crippen molar-refractivity contribution < 1.29 is 26.8 Å². The van der Waals surface area contributed by atoms with E-state index in [1.807, 2.05) is 0 Å². The number of para-hydroxylation sites is 1. The van der Waals surface area contributed by atoms with Crippen LogP contribution in [0.2, 0.25) is 0 Å². The van der Waals surface area contributed by atoms with Crippen LogP contribution in [0.5, 0.6) is 0 Å². The van der Waals surface area contributed by atoms with Gasteiger partial charge >= 0.3 is 6.18 Å². The van der Waals surface area contributed by atoms with Crippen molar-refractivity contribution in [2.24, 2.45) is 0 Å². The first-order valence-corrected chi connectivity index (χ1v) is 5.38. The second-order valence-electron chi connectivity index (χ2n) is 3.82. The van der Waals surface area contributed by atoms with E-state index in [-0.39, 0.29) is 23.0 Å². The number of rotatable bonds is 4. The van der Waals surface area contributed by atoms with E-state index in [0.29, 0.717) is 0 Å². The second kappa shape index (κ2) is 5.45. The molecule has 0 atom stereocenters. The van der Waals surface area contributed by atoms with E-state index in [4.69, 9.17) is 10.3 Å². The number of halogens is 4. The van der Waals surface area contributed by atoms with Gasteiger partial charge in [-0.05, 0) is 12.1 Å². The minimum absolute atomic E-state index is 0.0899. The molecule has 2 N–H and O–H groups in total. The summed E-state index contributed by atoms with van der Waals surface area (Å²) in [5.74, 6) is -0.837. The van der Waals surface area contributed by atoms with E-state index in [2.05, 4.69) is 14.9 Å². The van der Waals surface area contributed by atoms with Crippen molar-refractivity contribution in [3.05, 3.63) is 29.8 Å². The van der Waals surface area contributed by atoms with Crippen molar-refractivity contribution in [3.8, 4) is 11.5 Å². The van der Waals surface area contributed by atoms with Gasteiger partial charge in [0, 0.05) is 0 Å². The number of nitrogens with two attached hydrogens (primary N) is 1. The summed E-state index contributed by atoms with van der Waals surface area (Å²) in [6.07, 6.45) is -4.43. The van der Waals surface area contributed by atoms with Gasteiger partial charge in [0.25, 0.3) is 5.89 Å². The zero-order valence-electron chi connectivity index (χ0n) is 9.95. The molecule has 0 unspecified atom stereocenters. The van der Waals surface area contributed by atoms with E-state index < -0.39 is 25.2 Å². The highest BCUT2D eigenvalue weighted by Crippen LogP contribution is 2.26. The van der Waals surface area contributed by atoms with Gasteiger partial charge in [-0.2, -0.15) is 18.2 Å². The summed E-state index contributed by atoms with van der Waals surface area (Å²) in [7, 11) is 0. The summed E-state index contributed by atoms with van der Waals surface area (Å²) in [6, 6.07) is 4.00. The standard InChI is InChI=1S/C11H9F4N3O2/c12-7-3-1-2-6(9(7)16)10-17-8(18-20-10)4-19-5-11(13,14)15/h1-3H,4-5,16H2. The molecule has 0 radical (unpaired) electrons. The molecule has 1 aromatic carbocycles. The summed E-state index contributed by atoms with van der Waals surface area (Å²) in [5, 5.41) is 3.43. The fourth-order valence-corrected chi connectivity index (χ4v) is 1.40. The van der Waals surface area contributed by atoms with Gasteiger partial charge in [0.2, 0.25) is 0 Å². The molecule has 2 aromatic rings. The summed E-state index contributed by atoms with van der Waals surface area (Å²) in [6.45, 7) is -1.89. The molecule has 9 heteroatoms. The Morgan fingerprint density at radius 2 is 2.05 bits per heavy atom. The topological polar surface area (TPSA) is 74.2 Å². The molecular formula is C11H9F4N3O2. The molecule has 1 heterocycles. The Bertz CT molecular complexity index is 598. The van der Waals surface area contributed by atoms with Crippen LogP contribution in [0.1, 0.15) is 5.82 Å². The lowest BCUT2D eigenvalue weighted by molar-refractivity contribution is -0.177. The fraction of sp³-hybridized carbons (Fsp3) is 0.273. The summed E-state index contributed by atoms with van der Waals surface area (Å²) < 4.78 is 58.0. The number of ether oxygens (including phenoxy) is 1. The molecule has 2 rings (SSSR count). The lowest BCUT2D eigenvalue weighted by atomic mass is 10.2. The lowest BCUT2D eigenvalue weighted by Crippen LogP contribution is -2.16. The van der Waals surface area contributed by atoms with Gasteiger partial charge in [-0.25, -0.2) is 4.39 Å². The monoisotopic (exact) mass is 291 g/mol. The number of alkyl halides is 3.